The van der Waals surface area contributed by atoms with E-state index in [0.29, 0.717) is 131 Å². The molecule has 0 radical (unpaired) electrons. The van der Waals surface area contributed by atoms with Crippen molar-refractivity contribution in [1.29, 1.82) is 0 Å². The summed E-state index contributed by atoms with van der Waals surface area (Å²) in [4.78, 5) is 116. The molecule has 0 saturated heterocycles. The highest BCUT2D eigenvalue weighted by Gasteiger charge is 2.24. The van der Waals surface area contributed by atoms with E-state index in [1.165, 1.54) is 30.4 Å². The average Bonchev–Trinajstić information content (AvgIpc) is 3.65. The van der Waals surface area contributed by atoms with E-state index in [1.54, 1.807) is 69.2 Å². The summed E-state index contributed by atoms with van der Waals surface area (Å²) in [6.45, 7) is 44.7. The molecule has 0 N–H and O–H groups in total. The standard InChI is InChI=1S/C16H28O4.C14H24O4.3C13H22O4/c1-5-9-10-13(6-2)11-14(16(18)20-8-4)12-15(17)19-7-3;1-6-17-13(15)9-12(14(16)18-7-2)11(5)8-10(3)4;1-6-16-11(14)8-10(9-13(3,4)5)12(15)17-7-2;1-5-16-12(14)9-11(8-7-10(3)4)13(15)17-6-2;1-5-8-10(4)11(13(15)17-7-3)9-12(14)16-6-2/h12-13H,5-11H2,1-4H3;9-11H,6-8H2,1-5H3;8H,6-7,9H2,1-5H3;2*9-10H,5-8H2,1-4H3. The van der Waals surface area contributed by atoms with Crippen LogP contribution >= 0.6 is 0 Å². The molecule has 3 atom stereocenters. The number of ether oxygens (including phenoxy) is 10. The minimum atomic E-state index is -0.500. The van der Waals surface area contributed by atoms with Crippen molar-refractivity contribution in [2.45, 2.75) is 223 Å². The second kappa shape index (κ2) is 57.8. The molecule has 514 valence electrons. The molecule has 0 aliphatic heterocycles. The molecule has 0 aromatic heterocycles. The van der Waals surface area contributed by atoms with E-state index >= 15 is 0 Å². The Kier molecular flexibility index (Phi) is 59.2. The molecule has 0 rings (SSSR count). The minimum absolute atomic E-state index is 0.00320. The summed E-state index contributed by atoms with van der Waals surface area (Å²) in [5.74, 6) is -3.28. The van der Waals surface area contributed by atoms with Crippen molar-refractivity contribution in [3.05, 3.63) is 58.2 Å². The lowest BCUT2D eigenvalue weighted by Crippen LogP contribution is -2.17. The van der Waals surface area contributed by atoms with Crippen LogP contribution in [-0.2, 0) is 95.3 Å². The Morgan fingerprint density at radius 1 is 0.348 bits per heavy atom. The molecule has 89 heavy (non-hydrogen) atoms. The maximum absolute atomic E-state index is 11.9. The third-order valence-corrected chi connectivity index (χ3v) is 11.9. The lowest BCUT2D eigenvalue weighted by molar-refractivity contribution is -0.141. The van der Waals surface area contributed by atoms with Crippen LogP contribution in [-0.4, -0.2) is 126 Å². The number of hydrogen-bond acceptors (Lipinski definition) is 20. The highest BCUT2D eigenvalue weighted by Crippen LogP contribution is 2.26. The van der Waals surface area contributed by atoms with E-state index in [-0.39, 0.29) is 17.3 Å². The largest absolute Gasteiger partial charge is 0.463 e. The Labute approximate surface area is 535 Å². The Bertz CT molecular complexity index is 2190. The van der Waals surface area contributed by atoms with Crippen LogP contribution in [0.5, 0.6) is 0 Å². The second-order valence-electron chi connectivity index (χ2n) is 22.1. The van der Waals surface area contributed by atoms with Gasteiger partial charge in [-0.05, 0) is 143 Å². The van der Waals surface area contributed by atoms with Crippen molar-refractivity contribution in [3.8, 4) is 0 Å². The van der Waals surface area contributed by atoms with Crippen LogP contribution in [0.1, 0.15) is 223 Å². The summed E-state index contributed by atoms with van der Waals surface area (Å²) in [5, 5.41) is 0. The van der Waals surface area contributed by atoms with Gasteiger partial charge in [-0.2, -0.15) is 0 Å². The number of hydrogen-bond donors (Lipinski definition) is 0. The zero-order valence-electron chi connectivity index (χ0n) is 58.8. The molecule has 0 fully saturated rings. The molecule has 0 aromatic carbocycles. The van der Waals surface area contributed by atoms with Crippen LogP contribution < -0.4 is 0 Å². The average molecular weight is 1270 g/mol. The van der Waals surface area contributed by atoms with Crippen molar-refractivity contribution < 1.29 is 95.3 Å². The second-order valence-corrected chi connectivity index (χ2v) is 22.1. The fourth-order valence-electron chi connectivity index (χ4n) is 7.81. The number of rotatable bonds is 36. The summed E-state index contributed by atoms with van der Waals surface area (Å²) >= 11 is 0. The van der Waals surface area contributed by atoms with Crippen molar-refractivity contribution in [2.24, 2.45) is 35.0 Å². The van der Waals surface area contributed by atoms with E-state index in [2.05, 4.69) is 41.5 Å². The molecule has 0 spiro atoms. The summed E-state index contributed by atoms with van der Waals surface area (Å²) in [6, 6.07) is 0. The summed E-state index contributed by atoms with van der Waals surface area (Å²) in [5.41, 5.74) is 1.87. The van der Waals surface area contributed by atoms with E-state index in [0.717, 1.165) is 51.4 Å². The zero-order valence-corrected chi connectivity index (χ0v) is 58.8. The number of esters is 10. The van der Waals surface area contributed by atoms with Crippen LogP contribution in [0.2, 0.25) is 0 Å². The first-order valence-corrected chi connectivity index (χ1v) is 32.1. The normalized spacial score (nSPS) is 12.6. The van der Waals surface area contributed by atoms with Gasteiger partial charge in [0, 0.05) is 58.2 Å². The first-order chi connectivity index (χ1) is 41.9. The predicted molar refractivity (Wildman–Crippen MR) is 346 cm³/mol. The van der Waals surface area contributed by atoms with Crippen molar-refractivity contribution in [3.63, 3.8) is 0 Å². The SMILES string of the molecule is CCCC(C)C(=CC(=O)OCC)C(=O)OCC.CCCCC(CC)CC(=CC(=O)OCC)C(=O)OCC.CCOC(=O)C=C(C(=O)OCC)C(C)CC(C)C.CCOC(=O)C=C(CC(C)(C)C)C(=O)OCC.CCOC(=O)C=C(CCC(C)C)C(=O)OCC. The third kappa shape index (κ3) is 53.0. The van der Waals surface area contributed by atoms with Crippen molar-refractivity contribution >= 4 is 59.7 Å². The van der Waals surface area contributed by atoms with Gasteiger partial charge in [-0.1, -0.05) is 115 Å². The lowest BCUT2D eigenvalue weighted by atomic mass is 9.88. The molecule has 3 unspecified atom stereocenters. The van der Waals surface area contributed by atoms with E-state index in [1.807, 2.05) is 41.5 Å². The van der Waals surface area contributed by atoms with Gasteiger partial charge in [-0.25, -0.2) is 47.9 Å². The fourth-order valence-corrected chi connectivity index (χ4v) is 7.81. The van der Waals surface area contributed by atoms with Gasteiger partial charge in [0.2, 0.25) is 0 Å². The molecule has 0 aliphatic rings. The third-order valence-electron chi connectivity index (χ3n) is 11.9. The van der Waals surface area contributed by atoms with Gasteiger partial charge in [0.05, 0.1) is 66.1 Å². The maximum Gasteiger partial charge on any atom is 0.334 e. The highest BCUT2D eigenvalue weighted by atomic mass is 16.6. The zero-order chi connectivity index (χ0) is 69.5. The van der Waals surface area contributed by atoms with Crippen LogP contribution in [0.25, 0.3) is 0 Å². The van der Waals surface area contributed by atoms with Gasteiger partial charge in [0.25, 0.3) is 0 Å². The summed E-state index contributed by atoms with van der Waals surface area (Å²) in [7, 11) is 0. The monoisotopic (exact) mass is 1270 g/mol. The molecule has 0 aliphatic carbocycles. The van der Waals surface area contributed by atoms with Gasteiger partial charge < -0.3 is 47.4 Å². The molecule has 0 heterocycles. The van der Waals surface area contributed by atoms with E-state index in [4.69, 9.17) is 47.4 Å². The van der Waals surface area contributed by atoms with Gasteiger partial charge in [0.1, 0.15) is 0 Å². The smallest absolute Gasteiger partial charge is 0.334 e. The van der Waals surface area contributed by atoms with Crippen LogP contribution in [0.15, 0.2) is 58.2 Å². The highest BCUT2D eigenvalue weighted by molar-refractivity contribution is 5.99. The Morgan fingerprint density at radius 2 is 0.674 bits per heavy atom. The van der Waals surface area contributed by atoms with Gasteiger partial charge in [0.15, 0.2) is 0 Å². The number of carbonyl (C=O) groups is 10. The Hall–Kier alpha value is -6.60. The van der Waals surface area contributed by atoms with Gasteiger partial charge in [-0.3, -0.25) is 0 Å². The number of carbonyl (C=O) groups excluding carboxylic acids is 10. The van der Waals surface area contributed by atoms with Gasteiger partial charge in [-0.15, -0.1) is 0 Å². The summed E-state index contributed by atoms with van der Waals surface area (Å²) in [6.07, 6.45) is 15.6. The van der Waals surface area contributed by atoms with Gasteiger partial charge >= 0.3 is 59.7 Å². The minimum Gasteiger partial charge on any atom is -0.463 e. The first-order valence-electron chi connectivity index (χ1n) is 32.1. The van der Waals surface area contributed by atoms with Crippen LogP contribution in [0.4, 0.5) is 0 Å². The molecule has 20 nitrogen and oxygen atoms in total. The van der Waals surface area contributed by atoms with E-state index in [9.17, 15) is 47.9 Å². The number of unbranched alkanes of at least 4 members (excludes halogenated alkanes) is 1. The molecular weight excluding hydrogens is 1150 g/mol. The maximum atomic E-state index is 11.9. The van der Waals surface area contributed by atoms with Crippen LogP contribution in [0.3, 0.4) is 0 Å². The Morgan fingerprint density at radius 3 is 1.00 bits per heavy atom. The predicted octanol–water partition coefficient (Wildman–Crippen LogP) is 13.8. The quantitative estimate of drug-likeness (QED) is 0.0320. The fraction of sp³-hybridized carbons (Fsp3) is 0.710. The molecule has 0 aromatic rings. The van der Waals surface area contributed by atoms with Crippen molar-refractivity contribution in [2.75, 3.05) is 66.1 Å². The lowest BCUT2D eigenvalue weighted by Gasteiger charge is -2.19. The van der Waals surface area contributed by atoms with Crippen LogP contribution in [0, 0.1) is 35.0 Å². The van der Waals surface area contributed by atoms with Crippen molar-refractivity contribution in [1.82, 2.24) is 0 Å². The summed E-state index contributed by atoms with van der Waals surface area (Å²) < 4.78 is 48.8. The molecule has 0 bridgehead atoms. The molecular formula is C69H118O20. The Balaban J connectivity index is -0.000000331. The first kappa shape index (κ1) is 91.1. The topological polar surface area (TPSA) is 263 Å². The molecule has 0 amide bonds. The molecule has 20 heteroatoms. The molecule has 0 saturated carbocycles. The van der Waals surface area contributed by atoms with E-state index < -0.39 is 59.7 Å².